The highest BCUT2D eigenvalue weighted by molar-refractivity contribution is 7.86. The zero-order valence-corrected chi connectivity index (χ0v) is 10.9. The van der Waals surface area contributed by atoms with Crippen molar-refractivity contribution < 1.29 is 12.6 Å². The average molecular weight is 242 g/mol. The Labute approximate surface area is 97.6 Å². The molecule has 0 aliphatic rings. The lowest BCUT2D eigenvalue weighted by Crippen LogP contribution is -2.28. The Morgan fingerprint density at radius 3 is 2.06 bits per heavy atom. The molecule has 0 N–H and O–H groups in total. The molecule has 1 atom stereocenters. The molecule has 1 unspecified atom stereocenters. The minimum atomic E-state index is -3.64. The Kier molecular flexibility index (Phi) is 3.76. The second kappa shape index (κ2) is 4.55. The van der Waals surface area contributed by atoms with Crippen molar-refractivity contribution in [3.8, 4) is 0 Å². The van der Waals surface area contributed by atoms with Crippen molar-refractivity contribution in [1.82, 2.24) is 0 Å². The Bertz CT molecular complexity index is 429. The van der Waals surface area contributed by atoms with Crippen LogP contribution in [0.2, 0.25) is 0 Å². The van der Waals surface area contributed by atoms with Gasteiger partial charge in [-0.2, -0.15) is 8.42 Å². The van der Waals surface area contributed by atoms with Crippen LogP contribution in [0.25, 0.3) is 0 Å². The van der Waals surface area contributed by atoms with Gasteiger partial charge in [-0.05, 0) is 24.5 Å². The standard InChI is InChI=1S/C12H18O3S/c1-10(12(2,3)4)15-16(13,14)11-8-6-5-7-9-11/h5-10H,1-4H3. The summed E-state index contributed by atoms with van der Waals surface area (Å²) in [6, 6.07) is 8.19. The van der Waals surface area contributed by atoms with Crippen LogP contribution in [0.1, 0.15) is 27.7 Å². The average Bonchev–Trinajstić information content (AvgIpc) is 2.17. The highest BCUT2D eigenvalue weighted by atomic mass is 32.2. The van der Waals surface area contributed by atoms with Gasteiger partial charge in [-0.3, -0.25) is 4.18 Å². The summed E-state index contributed by atoms with van der Waals surface area (Å²) in [6.07, 6.45) is -0.363. The summed E-state index contributed by atoms with van der Waals surface area (Å²) in [5, 5.41) is 0. The van der Waals surface area contributed by atoms with Crippen molar-refractivity contribution in [3.63, 3.8) is 0 Å². The lowest BCUT2D eigenvalue weighted by molar-refractivity contribution is 0.110. The SMILES string of the molecule is CC(OS(=O)(=O)c1ccccc1)C(C)(C)C. The smallest absolute Gasteiger partial charge is 0.263 e. The number of hydrogen-bond donors (Lipinski definition) is 0. The van der Waals surface area contributed by atoms with Crippen LogP contribution in [0, 0.1) is 5.41 Å². The molecule has 16 heavy (non-hydrogen) atoms. The van der Waals surface area contributed by atoms with E-state index in [0.29, 0.717) is 0 Å². The van der Waals surface area contributed by atoms with E-state index in [1.165, 1.54) is 12.1 Å². The van der Waals surface area contributed by atoms with E-state index in [9.17, 15) is 8.42 Å². The first-order valence-corrected chi connectivity index (χ1v) is 6.62. The molecule has 0 bridgehead atoms. The van der Waals surface area contributed by atoms with Gasteiger partial charge in [0.2, 0.25) is 0 Å². The van der Waals surface area contributed by atoms with Gasteiger partial charge in [0.05, 0.1) is 11.0 Å². The van der Waals surface area contributed by atoms with Crippen LogP contribution < -0.4 is 0 Å². The van der Waals surface area contributed by atoms with Crippen molar-refractivity contribution in [2.45, 2.75) is 38.7 Å². The predicted molar refractivity (Wildman–Crippen MR) is 63.6 cm³/mol. The van der Waals surface area contributed by atoms with Crippen molar-refractivity contribution in [1.29, 1.82) is 0 Å². The zero-order chi connectivity index (χ0) is 12.4. The first-order valence-electron chi connectivity index (χ1n) is 5.22. The Morgan fingerprint density at radius 2 is 1.62 bits per heavy atom. The monoisotopic (exact) mass is 242 g/mol. The third kappa shape index (κ3) is 3.32. The van der Waals surface area contributed by atoms with E-state index in [2.05, 4.69) is 0 Å². The molecule has 4 heteroatoms. The lowest BCUT2D eigenvalue weighted by atomic mass is 9.91. The first-order chi connectivity index (χ1) is 7.23. The van der Waals surface area contributed by atoms with Gasteiger partial charge in [-0.1, -0.05) is 39.0 Å². The van der Waals surface area contributed by atoms with E-state index in [1.807, 2.05) is 20.8 Å². The molecule has 0 aromatic heterocycles. The lowest BCUT2D eigenvalue weighted by Gasteiger charge is -2.26. The molecular formula is C12H18O3S. The Morgan fingerprint density at radius 1 is 1.12 bits per heavy atom. The molecule has 1 aromatic carbocycles. The Hall–Kier alpha value is -0.870. The van der Waals surface area contributed by atoms with E-state index < -0.39 is 10.1 Å². The molecule has 0 saturated carbocycles. The van der Waals surface area contributed by atoms with Crippen molar-refractivity contribution in [2.75, 3.05) is 0 Å². The summed E-state index contributed by atoms with van der Waals surface area (Å²) < 4.78 is 28.9. The first kappa shape index (κ1) is 13.2. The number of rotatable bonds is 3. The molecule has 0 fully saturated rings. The topological polar surface area (TPSA) is 43.4 Å². The summed E-state index contributed by atoms with van der Waals surface area (Å²) in [5.41, 5.74) is -0.206. The Balaban J connectivity index is 2.90. The highest BCUT2D eigenvalue weighted by Gasteiger charge is 2.27. The van der Waals surface area contributed by atoms with Gasteiger partial charge in [0.15, 0.2) is 0 Å². The van der Waals surface area contributed by atoms with E-state index in [0.717, 1.165) is 0 Å². The summed E-state index contributed by atoms with van der Waals surface area (Å²) >= 11 is 0. The van der Waals surface area contributed by atoms with Crippen molar-refractivity contribution in [2.24, 2.45) is 5.41 Å². The van der Waals surface area contributed by atoms with Crippen LogP contribution in [0.3, 0.4) is 0 Å². The van der Waals surface area contributed by atoms with Crippen LogP contribution in [0.15, 0.2) is 35.2 Å². The molecule has 0 heterocycles. The van der Waals surface area contributed by atoms with E-state index in [4.69, 9.17) is 4.18 Å². The summed E-state index contributed by atoms with van der Waals surface area (Å²) in [4.78, 5) is 0.200. The molecule has 90 valence electrons. The second-order valence-electron chi connectivity index (χ2n) is 4.87. The van der Waals surface area contributed by atoms with Crippen LogP contribution in [0.4, 0.5) is 0 Å². The zero-order valence-electron chi connectivity index (χ0n) is 10.1. The fraction of sp³-hybridized carbons (Fsp3) is 0.500. The molecule has 0 amide bonds. The normalized spacial score (nSPS) is 14.8. The molecule has 0 aliphatic heterocycles. The van der Waals surface area contributed by atoms with Gasteiger partial charge < -0.3 is 0 Å². The maximum absolute atomic E-state index is 11.9. The third-order valence-corrected chi connectivity index (χ3v) is 3.91. The van der Waals surface area contributed by atoms with E-state index >= 15 is 0 Å². The van der Waals surface area contributed by atoms with Gasteiger partial charge in [-0.15, -0.1) is 0 Å². The second-order valence-corrected chi connectivity index (χ2v) is 6.44. The maximum Gasteiger partial charge on any atom is 0.297 e. The molecule has 3 nitrogen and oxygen atoms in total. The van der Waals surface area contributed by atoms with Crippen molar-refractivity contribution >= 4 is 10.1 Å². The summed E-state index contributed by atoms with van der Waals surface area (Å²) in [7, 11) is -3.64. The molecule has 0 radical (unpaired) electrons. The van der Waals surface area contributed by atoms with Crippen LogP contribution in [-0.2, 0) is 14.3 Å². The largest absolute Gasteiger partial charge is 0.297 e. The van der Waals surface area contributed by atoms with Crippen LogP contribution >= 0.6 is 0 Å². The van der Waals surface area contributed by atoms with E-state index in [-0.39, 0.29) is 16.4 Å². The molecule has 1 aromatic rings. The minimum absolute atomic E-state index is 0.200. The quantitative estimate of drug-likeness (QED) is 0.765. The predicted octanol–water partition coefficient (Wildman–Crippen LogP) is 2.83. The van der Waals surface area contributed by atoms with Crippen molar-refractivity contribution in [3.05, 3.63) is 30.3 Å². The van der Waals surface area contributed by atoms with Gasteiger partial charge in [0.25, 0.3) is 10.1 Å². The summed E-state index contributed by atoms with van der Waals surface area (Å²) in [5.74, 6) is 0. The van der Waals surface area contributed by atoms with Gasteiger partial charge >= 0.3 is 0 Å². The summed E-state index contributed by atoms with van der Waals surface area (Å²) in [6.45, 7) is 7.59. The third-order valence-electron chi connectivity index (χ3n) is 2.52. The van der Waals surface area contributed by atoms with E-state index in [1.54, 1.807) is 25.1 Å². The highest BCUT2D eigenvalue weighted by Crippen LogP contribution is 2.25. The molecule has 0 saturated heterocycles. The van der Waals surface area contributed by atoms with Crippen LogP contribution in [-0.4, -0.2) is 14.5 Å². The molecular weight excluding hydrogens is 224 g/mol. The van der Waals surface area contributed by atoms with Gasteiger partial charge in [0.1, 0.15) is 0 Å². The van der Waals surface area contributed by atoms with Gasteiger partial charge in [0, 0.05) is 0 Å². The van der Waals surface area contributed by atoms with Crippen LogP contribution in [0.5, 0.6) is 0 Å². The molecule has 1 rings (SSSR count). The minimum Gasteiger partial charge on any atom is -0.263 e. The number of hydrogen-bond acceptors (Lipinski definition) is 3. The molecule has 0 spiro atoms. The number of benzene rings is 1. The molecule has 0 aliphatic carbocycles. The fourth-order valence-corrected chi connectivity index (χ4v) is 2.25. The maximum atomic E-state index is 11.9. The van der Waals surface area contributed by atoms with Gasteiger partial charge in [-0.25, -0.2) is 0 Å². The fourth-order valence-electron chi connectivity index (χ4n) is 0.977.